The molecule has 0 radical (unpaired) electrons. The van der Waals surface area contributed by atoms with Crippen molar-refractivity contribution in [2.24, 2.45) is 10.9 Å². The smallest absolute Gasteiger partial charge is 0.191 e. The molecule has 0 aliphatic carbocycles. The third kappa shape index (κ3) is 10.9. The van der Waals surface area contributed by atoms with Crippen molar-refractivity contribution in [1.82, 2.24) is 10.6 Å². The van der Waals surface area contributed by atoms with Gasteiger partial charge < -0.3 is 20.5 Å². The van der Waals surface area contributed by atoms with Gasteiger partial charge in [0.05, 0.1) is 25.3 Å². The van der Waals surface area contributed by atoms with Gasteiger partial charge in [-0.1, -0.05) is 37.6 Å². The zero-order valence-electron chi connectivity index (χ0n) is 15.5. The summed E-state index contributed by atoms with van der Waals surface area (Å²) in [5, 5.41) is 17.2. The fourth-order valence-corrected chi connectivity index (χ4v) is 2.18. The van der Waals surface area contributed by atoms with E-state index in [4.69, 9.17) is 16.3 Å². The van der Waals surface area contributed by atoms with Crippen LogP contribution in [-0.2, 0) is 4.74 Å². The van der Waals surface area contributed by atoms with Crippen LogP contribution < -0.4 is 10.6 Å². The maximum Gasteiger partial charge on any atom is 0.191 e. The molecule has 0 saturated carbocycles. The van der Waals surface area contributed by atoms with Gasteiger partial charge in [0.15, 0.2) is 5.96 Å². The SMILES string of the molecule is CCNC(=NCC(O)COCC(C)C)NC(C)c1ccc(Cl)cc1.I. The molecule has 5 nitrogen and oxygen atoms in total. The molecule has 0 amide bonds. The highest BCUT2D eigenvalue weighted by Crippen LogP contribution is 2.15. The molecule has 0 saturated heterocycles. The Balaban J connectivity index is 0.00000576. The second-order valence-electron chi connectivity index (χ2n) is 6.22. The second kappa shape index (κ2) is 13.6. The summed E-state index contributed by atoms with van der Waals surface area (Å²) in [7, 11) is 0. The van der Waals surface area contributed by atoms with Crippen molar-refractivity contribution in [3.8, 4) is 0 Å². The summed E-state index contributed by atoms with van der Waals surface area (Å²) in [4.78, 5) is 4.43. The largest absolute Gasteiger partial charge is 0.389 e. The number of guanidine groups is 1. The lowest BCUT2D eigenvalue weighted by molar-refractivity contribution is 0.0301. The van der Waals surface area contributed by atoms with Crippen molar-refractivity contribution in [3.05, 3.63) is 34.9 Å². The van der Waals surface area contributed by atoms with E-state index >= 15 is 0 Å². The predicted octanol–water partition coefficient (Wildman–Crippen LogP) is 3.61. The molecule has 7 heteroatoms. The van der Waals surface area contributed by atoms with Crippen molar-refractivity contribution in [2.75, 3.05) is 26.3 Å². The van der Waals surface area contributed by atoms with Crippen LogP contribution in [0.5, 0.6) is 0 Å². The lowest BCUT2D eigenvalue weighted by Crippen LogP contribution is -2.39. The molecule has 3 N–H and O–H groups in total. The molecular formula is C18H31ClIN3O2. The number of aliphatic hydroxyl groups excluding tert-OH is 1. The van der Waals surface area contributed by atoms with E-state index in [0.29, 0.717) is 31.6 Å². The lowest BCUT2D eigenvalue weighted by atomic mass is 10.1. The number of rotatable bonds is 9. The number of aliphatic hydroxyl groups is 1. The van der Waals surface area contributed by atoms with Crippen LogP contribution in [0, 0.1) is 5.92 Å². The van der Waals surface area contributed by atoms with Gasteiger partial charge in [-0.3, -0.25) is 4.99 Å². The summed E-state index contributed by atoms with van der Waals surface area (Å²) >= 11 is 5.92. The number of benzene rings is 1. The Morgan fingerprint density at radius 1 is 1.20 bits per heavy atom. The summed E-state index contributed by atoms with van der Waals surface area (Å²) in [5.41, 5.74) is 1.12. The van der Waals surface area contributed by atoms with Crippen molar-refractivity contribution in [2.45, 2.75) is 39.8 Å². The molecule has 0 heterocycles. The van der Waals surface area contributed by atoms with Gasteiger partial charge in [0.1, 0.15) is 0 Å². The van der Waals surface area contributed by atoms with E-state index in [-0.39, 0.29) is 30.0 Å². The zero-order chi connectivity index (χ0) is 17.9. The molecule has 1 rings (SSSR count). The van der Waals surface area contributed by atoms with Gasteiger partial charge >= 0.3 is 0 Å². The normalized spacial score (nSPS) is 14.0. The standard InChI is InChI=1S/C18H30ClN3O2.HI/c1-5-20-18(21-10-17(23)12-24-11-13(2)3)22-14(4)15-6-8-16(19)9-7-15;/h6-9,13-14,17,23H,5,10-12H2,1-4H3,(H2,20,21,22);1H. The average molecular weight is 484 g/mol. The topological polar surface area (TPSA) is 65.9 Å². The van der Waals surface area contributed by atoms with Gasteiger partial charge in [-0.2, -0.15) is 0 Å². The van der Waals surface area contributed by atoms with Crippen LogP contribution in [-0.4, -0.2) is 43.5 Å². The summed E-state index contributed by atoms with van der Waals surface area (Å²) in [6, 6.07) is 7.79. The molecule has 0 aliphatic rings. The maximum absolute atomic E-state index is 9.96. The quantitative estimate of drug-likeness (QED) is 0.285. The highest BCUT2D eigenvalue weighted by atomic mass is 127. The first-order valence-electron chi connectivity index (χ1n) is 8.48. The van der Waals surface area contributed by atoms with Crippen LogP contribution >= 0.6 is 35.6 Å². The second-order valence-corrected chi connectivity index (χ2v) is 6.66. The molecule has 144 valence electrons. The van der Waals surface area contributed by atoms with Crippen molar-refractivity contribution < 1.29 is 9.84 Å². The fourth-order valence-electron chi connectivity index (χ4n) is 2.05. The summed E-state index contributed by atoms with van der Waals surface area (Å²) in [6.07, 6.45) is -0.606. The number of nitrogens with one attached hydrogen (secondary N) is 2. The van der Waals surface area contributed by atoms with Crippen LogP contribution in [0.3, 0.4) is 0 Å². The Bertz CT molecular complexity index is 498. The van der Waals surface area contributed by atoms with Gasteiger partial charge in [-0.15, -0.1) is 24.0 Å². The van der Waals surface area contributed by atoms with E-state index in [9.17, 15) is 5.11 Å². The Kier molecular flexibility index (Phi) is 13.3. The molecule has 2 atom stereocenters. The summed E-state index contributed by atoms with van der Waals surface area (Å²) in [5.74, 6) is 1.13. The Morgan fingerprint density at radius 2 is 1.84 bits per heavy atom. The molecular weight excluding hydrogens is 453 g/mol. The van der Waals surface area contributed by atoms with E-state index < -0.39 is 6.10 Å². The molecule has 1 aromatic carbocycles. The lowest BCUT2D eigenvalue weighted by Gasteiger charge is -2.19. The molecule has 1 aromatic rings. The molecule has 0 aliphatic heterocycles. The predicted molar refractivity (Wildman–Crippen MR) is 116 cm³/mol. The van der Waals surface area contributed by atoms with Crippen molar-refractivity contribution >= 4 is 41.5 Å². The van der Waals surface area contributed by atoms with Gasteiger partial charge in [0.25, 0.3) is 0 Å². The Morgan fingerprint density at radius 3 is 2.40 bits per heavy atom. The summed E-state index contributed by atoms with van der Waals surface area (Å²) in [6.45, 7) is 10.2. The third-order valence-corrected chi connectivity index (χ3v) is 3.54. The monoisotopic (exact) mass is 483 g/mol. The highest BCUT2D eigenvalue weighted by Gasteiger charge is 2.09. The van der Waals surface area contributed by atoms with Crippen molar-refractivity contribution in [1.29, 1.82) is 0 Å². The van der Waals surface area contributed by atoms with Crippen molar-refractivity contribution in [3.63, 3.8) is 0 Å². The van der Waals surface area contributed by atoms with E-state index in [1.165, 1.54) is 0 Å². The van der Waals surface area contributed by atoms with Crippen LogP contribution in [0.15, 0.2) is 29.3 Å². The Labute approximate surface area is 173 Å². The minimum Gasteiger partial charge on any atom is -0.389 e. The van der Waals surface area contributed by atoms with Gasteiger partial charge in [0, 0.05) is 18.2 Å². The van der Waals surface area contributed by atoms with Crippen LogP contribution in [0.25, 0.3) is 0 Å². The fraction of sp³-hybridized carbons (Fsp3) is 0.611. The van der Waals surface area contributed by atoms with Gasteiger partial charge in [-0.25, -0.2) is 0 Å². The van der Waals surface area contributed by atoms with Crippen LogP contribution in [0.4, 0.5) is 0 Å². The molecule has 0 fully saturated rings. The zero-order valence-corrected chi connectivity index (χ0v) is 18.5. The first-order chi connectivity index (χ1) is 11.4. The number of nitrogens with zero attached hydrogens (tertiary/aromatic N) is 1. The number of aliphatic imine (C=N–C) groups is 1. The van der Waals surface area contributed by atoms with E-state index in [2.05, 4.69) is 36.4 Å². The molecule has 25 heavy (non-hydrogen) atoms. The first kappa shape index (κ1) is 24.4. The van der Waals surface area contributed by atoms with Crippen LogP contribution in [0.2, 0.25) is 5.02 Å². The Hall–Kier alpha value is -0.570. The van der Waals surface area contributed by atoms with Crippen LogP contribution in [0.1, 0.15) is 39.3 Å². The molecule has 0 bridgehead atoms. The minimum absolute atomic E-state index is 0. The average Bonchev–Trinajstić information content (AvgIpc) is 2.53. The molecule has 0 spiro atoms. The number of hydrogen-bond acceptors (Lipinski definition) is 3. The minimum atomic E-state index is -0.606. The number of halogens is 2. The van der Waals surface area contributed by atoms with Gasteiger partial charge in [0.2, 0.25) is 0 Å². The van der Waals surface area contributed by atoms with Gasteiger partial charge in [-0.05, 0) is 37.5 Å². The molecule has 0 aromatic heterocycles. The van der Waals surface area contributed by atoms with E-state index in [1.54, 1.807) is 0 Å². The number of hydrogen-bond donors (Lipinski definition) is 3. The maximum atomic E-state index is 9.96. The number of ether oxygens (including phenoxy) is 1. The summed E-state index contributed by atoms with van der Waals surface area (Å²) < 4.78 is 5.44. The first-order valence-corrected chi connectivity index (χ1v) is 8.86. The molecule has 2 unspecified atom stereocenters. The third-order valence-electron chi connectivity index (χ3n) is 3.29. The van der Waals surface area contributed by atoms with E-state index in [0.717, 1.165) is 17.1 Å². The highest BCUT2D eigenvalue weighted by molar-refractivity contribution is 14.0. The van der Waals surface area contributed by atoms with E-state index in [1.807, 2.05) is 31.2 Å².